The van der Waals surface area contributed by atoms with E-state index in [2.05, 4.69) is 24.4 Å². The predicted octanol–water partition coefficient (Wildman–Crippen LogP) is 3.54. The van der Waals surface area contributed by atoms with Crippen LogP contribution < -0.4 is 5.32 Å². The zero-order valence-corrected chi connectivity index (χ0v) is 11.7. The van der Waals surface area contributed by atoms with Crippen LogP contribution in [0, 0.1) is 5.92 Å². The van der Waals surface area contributed by atoms with Crippen molar-refractivity contribution in [3.8, 4) is 0 Å². The molecule has 0 aliphatic heterocycles. The summed E-state index contributed by atoms with van der Waals surface area (Å²) in [6.07, 6.45) is 4.14. The topological polar surface area (TPSA) is 32.3 Å². The van der Waals surface area contributed by atoms with E-state index in [4.69, 9.17) is 11.6 Å². The van der Waals surface area contributed by atoms with E-state index in [9.17, 15) is 5.11 Å². The van der Waals surface area contributed by atoms with Crippen LogP contribution >= 0.6 is 11.6 Å². The van der Waals surface area contributed by atoms with Crippen LogP contribution in [0.1, 0.15) is 44.2 Å². The molecule has 1 aromatic rings. The highest BCUT2D eigenvalue weighted by Gasteiger charge is 2.27. The lowest BCUT2D eigenvalue weighted by molar-refractivity contribution is 0.0417. The second-order valence-corrected chi connectivity index (χ2v) is 5.73. The van der Waals surface area contributed by atoms with Gasteiger partial charge in [0, 0.05) is 11.1 Å². The highest BCUT2D eigenvalue weighted by molar-refractivity contribution is 6.30. The number of aliphatic hydroxyl groups excluding tert-OH is 1. The van der Waals surface area contributed by atoms with Crippen molar-refractivity contribution in [1.82, 2.24) is 5.32 Å². The van der Waals surface area contributed by atoms with Gasteiger partial charge in [-0.25, -0.2) is 0 Å². The van der Waals surface area contributed by atoms with E-state index in [0.717, 1.165) is 37.3 Å². The van der Waals surface area contributed by atoms with Crippen molar-refractivity contribution in [2.24, 2.45) is 5.92 Å². The minimum atomic E-state index is -0.0584. The van der Waals surface area contributed by atoms with Gasteiger partial charge >= 0.3 is 0 Å². The van der Waals surface area contributed by atoms with Gasteiger partial charge in [-0.1, -0.05) is 37.1 Å². The van der Waals surface area contributed by atoms with Gasteiger partial charge in [0.15, 0.2) is 0 Å². The maximum absolute atomic E-state index is 9.29. The Morgan fingerprint density at radius 3 is 2.56 bits per heavy atom. The summed E-state index contributed by atoms with van der Waals surface area (Å²) in [5.74, 6) is 0.645. The molecule has 1 fully saturated rings. The van der Waals surface area contributed by atoms with E-state index in [0.29, 0.717) is 12.0 Å². The number of nitrogens with one attached hydrogen (secondary N) is 1. The fourth-order valence-electron chi connectivity index (χ4n) is 2.55. The monoisotopic (exact) mass is 267 g/mol. The minimum absolute atomic E-state index is 0.0584. The molecule has 1 saturated carbocycles. The maximum Gasteiger partial charge on any atom is 0.0546 e. The van der Waals surface area contributed by atoms with E-state index >= 15 is 0 Å². The fraction of sp³-hybridized carbons (Fsp3) is 0.600. The van der Waals surface area contributed by atoms with Gasteiger partial charge in [-0.2, -0.15) is 0 Å². The smallest absolute Gasteiger partial charge is 0.0546 e. The molecule has 0 amide bonds. The molecule has 0 heterocycles. The number of aliphatic hydroxyl groups is 1. The van der Waals surface area contributed by atoms with E-state index in [1.165, 1.54) is 5.56 Å². The zero-order chi connectivity index (χ0) is 13.0. The third-order valence-corrected chi connectivity index (χ3v) is 3.97. The largest absolute Gasteiger partial charge is 0.393 e. The Labute approximate surface area is 114 Å². The average Bonchev–Trinajstić information content (AvgIpc) is 2.33. The Balaban J connectivity index is 1.88. The first-order valence-corrected chi connectivity index (χ1v) is 7.23. The number of halogens is 1. The molecule has 2 nitrogen and oxygen atoms in total. The Morgan fingerprint density at radius 2 is 2.00 bits per heavy atom. The molecule has 2 N–H and O–H groups in total. The van der Waals surface area contributed by atoms with Crippen molar-refractivity contribution >= 4 is 11.6 Å². The highest BCUT2D eigenvalue weighted by Crippen LogP contribution is 2.28. The summed E-state index contributed by atoms with van der Waals surface area (Å²) in [6, 6.07) is 8.52. The van der Waals surface area contributed by atoms with Crippen molar-refractivity contribution in [1.29, 1.82) is 0 Å². The molecular formula is C15H22ClNO. The Kier molecular flexibility index (Phi) is 5.04. The molecule has 1 aliphatic carbocycles. The van der Waals surface area contributed by atoms with Crippen molar-refractivity contribution in [2.45, 2.75) is 44.8 Å². The van der Waals surface area contributed by atoms with Gasteiger partial charge in [0.2, 0.25) is 0 Å². The molecule has 2 rings (SSSR count). The molecule has 0 spiro atoms. The molecule has 0 bridgehead atoms. The van der Waals surface area contributed by atoms with Crippen LogP contribution in [0.15, 0.2) is 24.3 Å². The fourth-order valence-corrected chi connectivity index (χ4v) is 2.67. The summed E-state index contributed by atoms with van der Waals surface area (Å²) in [7, 11) is 0. The first-order valence-electron chi connectivity index (χ1n) is 6.86. The van der Waals surface area contributed by atoms with Crippen molar-refractivity contribution < 1.29 is 5.11 Å². The van der Waals surface area contributed by atoms with Crippen molar-refractivity contribution in [2.75, 3.05) is 6.54 Å². The first kappa shape index (κ1) is 13.9. The van der Waals surface area contributed by atoms with Gasteiger partial charge in [0.1, 0.15) is 0 Å². The molecule has 0 radical (unpaired) electrons. The summed E-state index contributed by atoms with van der Waals surface area (Å²) in [5, 5.41) is 13.7. The van der Waals surface area contributed by atoms with Gasteiger partial charge in [-0.15, -0.1) is 0 Å². The molecule has 1 unspecified atom stereocenters. The molecule has 0 saturated heterocycles. The van der Waals surface area contributed by atoms with E-state index in [-0.39, 0.29) is 6.10 Å². The summed E-state index contributed by atoms with van der Waals surface area (Å²) in [6.45, 7) is 3.21. The Bertz CT molecular complexity index is 359. The maximum atomic E-state index is 9.29. The van der Waals surface area contributed by atoms with Crippen LogP contribution in [0.4, 0.5) is 0 Å². The predicted molar refractivity (Wildman–Crippen MR) is 75.8 cm³/mol. The third-order valence-electron chi connectivity index (χ3n) is 3.71. The van der Waals surface area contributed by atoms with Crippen molar-refractivity contribution in [3.05, 3.63) is 34.9 Å². The molecule has 18 heavy (non-hydrogen) atoms. The van der Waals surface area contributed by atoms with E-state index < -0.39 is 0 Å². The van der Waals surface area contributed by atoms with Gasteiger partial charge in [-0.3, -0.25) is 0 Å². The van der Waals surface area contributed by atoms with E-state index in [1.54, 1.807) is 0 Å². The van der Waals surface area contributed by atoms with Crippen LogP contribution in [-0.2, 0) is 0 Å². The van der Waals surface area contributed by atoms with Crippen LogP contribution in [0.25, 0.3) is 0 Å². The lowest BCUT2D eigenvalue weighted by Gasteiger charge is -2.33. The normalized spacial score (nSPS) is 24.6. The van der Waals surface area contributed by atoms with Crippen LogP contribution in [-0.4, -0.2) is 17.8 Å². The summed E-state index contributed by atoms with van der Waals surface area (Å²) in [4.78, 5) is 0. The van der Waals surface area contributed by atoms with Crippen LogP contribution in [0.3, 0.4) is 0 Å². The second kappa shape index (κ2) is 6.55. The number of hydrogen-bond acceptors (Lipinski definition) is 2. The molecule has 100 valence electrons. The average molecular weight is 268 g/mol. The first-order chi connectivity index (χ1) is 8.69. The van der Waals surface area contributed by atoms with E-state index in [1.807, 2.05) is 12.1 Å². The number of benzene rings is 1. The third kappa shape index (κ3) is 3.71. The SMILES string of the molecule is CCCC(NCC1CC(O)C1)c1ccc(Cl)cc1. The second-order valence-electron chi connectivity index (χ2n) is 5.29. The lowest BCUT2D eigenvalue weighted by atomic mass is 9.82. The number of hydrogen-bond donors (Lipinski definition) is 2. The van der Waals surface area contributed by atoms with Gasteiger partial charge < -0.3 is 10.4 Å². The van der Waals surface area contributed by atoms with Gasteiger partial charge in [0.25, 0.3) is 0 Å². The van der Waals surface area contributed by atoms with Crippen LogP contribution in [0.2, 0.25) is 5.02 Å². The minimum Gasteiger partial charge on any atom is -0.393 e. The summed E-state index contributed by atoms with van der Waals surface area (Å²) in [5.41, 5.74) is 1.31. The van der Waals surface area contributed by atoms with Crippen LogP contribution in [0.5, 0.6) is 0 Å². The Hall–Kier alpha value is -0.570. The highest BCUT2D eigenvalue weighted by atomic mass is 35.5. The molecule has 1 atom stereocenters. The molecule has 1 aromatic carbocycles. The molecule has 0 aromatic heterocycles. The molecule has 3 heteroatoms. The number of rotatable bonds is 6. The standard InChI is InChI=1S/C15H22ClNO/c1-2-3-15(12-4-6-13(16)7-5-12)17-10-11-8-14(18)9-11/h4-7,11,14-15,17-18H,2-3,8-10H2,1H3. The molecule has 1 aliphatic rings. The Morgan fingerprint density at radius 1 is 1.33 bits per heavy atom. The zero-order valence-electron chi connectivity index (χ0n) is 10.9. The summed E-state index contributed by atoms with van der Waals surface area (Å²) < 4.78 is 0. The lowest BCUT2D eigenvalue weighted by Crippen LogP contribution is -2.37. The van der Waals surface area contributed by atoms with Gasteiger partial charge in [-0.05, 0) is 49.4 Å². The summed E-state index contributed by atoms with van der Waals surface area (Å²) >= 11 is 5.92. The molecular weight excluding hydrogens is 246 g/mol. The van der Waals surface area contributed by atoms with Crippen molar-refractivity contribution in [3.63, 3.8) is 0 Å². The van der Waals surface area contributed by atoms with Gasteiger partial charge in [0.05, 0.1) is 6.10 Å². The quantitative estimate of drug-likeness (QED) is 0.826.